The Morgan fingerprint density at radius 2 is 1.85 bits per heavy atom. The summed E-state index contributed by atoms with van der Waals surface area (Å²) in [7, 11) is 3.91. The molecule has 13 heteroatoms. The molecule has 2 aliphatic rings. The van der Waals surface area contributed by atoms with Gasteiger partial charge in [0.15, 0.2) is 17.4 Å². The van der Waals surface area contributed by atoms with E-state index in [1.54, 1.807) is 17.1 Å². The fraction of sp³-hybridized carbons (Fsp3) is 0.321. The molecule has 0 atom stereocenters. The smallest absolute Gasteiger partial charge is 0.333 e. The molecule has 1 aliphatic carbocycles. The molecule has 6 rings (SSSR count). The van der Waals surface area contributed by atoms with Crippen molar-refractivity contribution in [1.29, 1.82) is 0 Å². The van der Waals surface area contributed by atoms with E-state index in [1.165, 1.54) is 0 Å². The first kappa shape index (κ1) is 28.0. The Kier molecular flexibility index (Phi) is 8.10. The van der Waals surface area contributed by atoms with Crippen LogP contribution in [0, 0.1) is 0 Å². The maximum atomic E-state index is 13.6. The number of urea groups is 1. The van der Waals surface area contributed by atoms with Crippen molar-refractivity contribution in [3.05, 3.63) is 65.2 Å². The summed E-state index contributed by atoms with van der Waals surface area (Å²) < 4.78 is 11.2. The Morgan fingerprint density at radius 1 is 1.07 bits per heavy atom. The molecule has 0 spiro atoms. The summed E-state index contributed by atoms with van der Waals surface area (Å²) in [6.07, 6.45) is 0. The summed E-state index contributed by atoms with van der Waals surface area (Å²) in [5, 5.41) is 19.2. The third-order valence-electron chi connectivity index (χ3n) is 6.61. The van der Waals surface area contributed by atoms with Gasteiger partial charge in [0.05, 0.1) is 42.3 Å². The predicted octanol–water partition coefficient (Wildman–Crippen LogP) is 3.05. The molecule has 0 bridgehead atoms. The molecular formula is C28H33N9O4. The molecule has 0 unspecified atom stereocenters. The lowest BCUT2D eigenvalue weighted by atomic mass is 10.0. The highest BCUT2D eigenvalue weighted by atomic mass is 16.5. The molecule has 2 amide bonds. The first-order valence-corrected chi connectivity index (χ1v) is 12.9. The van der Waals surface area contributed by atoms with Crippen LogP contribution in [-0.4, -0.2) is 87.5 Å². The average Bonchev–Trinajstić information content (AvgIpc) is 3.65. The van der Waals surface area contributed by atoms with E-state index in [1.807, 2.05) is 49.3 Å². The van der Waals surface area contributed by atoms with Gasteiger partial charge in [0, 0.05) is 24.2 Å². The number of aromatic amines is 2. The van der Waals surface area contributed by atoms with Gasteiger partial charge in [0.1, 0.15) is 18.1 Å². The number of hydrogen-bond acceptors (Lipinski definition) is 9. The molecule has 1 saturated heterocycles. The zero-order valence-electron chi connectivity index (χ0n) is 22.2. The number of amides is 2. The highest BCUT2D eigenvalue weighted by Crippen LogP contribution is 2.43. The van der Waals surface area contributed by atoms with E-state index in [0.717, 1.165) is 5.56 Å². The normalized spacial score (nSPS) is 14.4. The van der Waals surface area contributed by atoms with Gasteiger partial charge in [-0.05, 0) is 44.4 Å². The van der Waals surface area contributed by atoms with Gasteiger partial charge in [-0.15, -0.1) is 0 Å². The maximum absolute atomic E-state index is 13.6. The van der Waals surface area contributed by atoms with Gasteiger partial charge in [-0.25, -0.2) is 14.8 Å². The number of carbonyl (C=O) groups is 2. The number of nitrogens with zero attached hydrogens (tertiary/aromatic N) is 5. The van der Waals surface area contributed by atoms with E-state index in [2.05, 4.69) is 36.1 Å². The van der Waals surface area contributed by atoms with Crippen molar-refractivity contribution in [1.82, 2.24) is 40.7 Å². The van der Waals surface area contributed by atoms with E-state index in [0.29, 0.717) is 84.0 Å². The number of nitrogens with one attached hydrogen (secondary N) is 4. The number of fused-ring (bicyclic) bond motifs is 3. The van der Waals surface area contributed by atoms with Crippen LogP contribution in [0.1, 0.15) is 35.0 Å². The van der Waals surface area contributed by atoms with Crippen LogP contribution in [0.2, 0.25) is 0 Å². The Bertz CT molecular complexity index is 1540. The van der Waals surface area contributed by atoms with Crippen molar-refractivity contribution in [2.75, 3.05) is 45.7 Å². The number of anilines is 1. The first-order valence-electron chi connectivity index (χ1n) is 12.9. The monoisotopic (exact) mass is 559 g/mol. The Morgan fingerprint density at radius 3 is 2.61 bits per heavy atom. The topological polar surface area (TPSA) is 153 Å². The minimum atomic E-state index is -0.410. The minimum absolute atomic E-state index is 0. The highest BCUT2D eigenvalue weighted by Gasteiger charge is 2.35. The van der Waals surface area contributed by atoms with E-state index in [9.17, 15) is 9.59 Å². The van der Waals surface area contributed by atoms with Gasteiger partial charge in [-0.2, -0.15) is 10.2 Å². The lowest BCUT2D eigenvalue weighted by Crippen LogP contribution is -2.49. The van der Waals surface area contributed by atoms with Crippen molar-refractivity contribution in [2.45, 2.75) is 20.6 Å². The first-order chi connectivity index (χ1) is 19.5. The van der Waals surface area contributed by atoms with Gasteiger partial charge in [-0.1, -0.05) is 19.6 Å². The van der Waals surface area contributed by atoms with Crippen LogP contribution in [0.5, 0.6) is 5.75 Å². The van der Waals surface area contributed by atoms with Crippen molar-refractivity contribution in [3.8, 4) is 28.3 Å². The molecule has 2 aromatic carbocycles. The van der Waals surface area contributed by atoms with Gasteiger partial charge in [0.25, 0.3) is 0 Å². The molecule has 41 heavy (non-hydrogen) atoms. The van der Waals surface area contributed by atoms with Gasteiger partial charge in [-0.3, -0.25) is 20.4 Å². The molecule has 2 aromatic heterocycles. The van der Waals surface area contributed by atoms with E-state index >= 15 is 0 Å². The summed E-state index contributed by atoms with van der Waals surface area (Å²) in [5.41, 5.74) is 6.78. The van der Waals surface area contributed by atoms with Gasteiger partial charge in [0.2, 0.25) is 0 Å². The number of morpholine rings is 1. The van der Waals surface area contributed by atoms with E-state index < -0.39 is 6.03 Å². The number of hydrogen-bond donors (Lipinski definition) is 4. The van der Waals surface area contributed by atoms with Crippen molar-refractivity contribution in [3.63, 3.8) is 0 Å². The third kappa shape index (κ3) is 5.82. The molecule has 0 saturated carbocycles. The zero-order chi connectivity index (χ0) is 27.6. The Labute approximate surface area is 237 Å². The number of rotatable bonds is 8. The zero-order valence-corrected chi connectivity index (χ0v) is 22.2. The number of benzene rings is 2. The lowest BCUT2D eigenvalue weighted by Gasteiger charge is -2.27. The molecule has 0 radical (unpaired) electrons. The summed E-state index contributed by atoms with van der Waals surface area (Å²) in [4.78, 5) is 32.7. The molecule has 13 nitrogen and oxygen atoms in total. The molecular weight excluding hydrogens is 526 g/mol. The van der Waals surface area contributed by atoms with Crippen LogP contribution >= 0.6 is 0 Å². The fourth-order valence-electron chi connectivity index (χ4n) is 4.78. The summed E-state index contributed by atoms with van der Waals surface area (Å²) in [5.74, 6) is 1.79. The summed E-state index contributed by atoms with van der Waals surface area (Å²) in [6.45, 7) is 3.19. The van der Waals surface area contributed by atoms with Crippen LogP contribution in [0.15, 0.2) is 42.5 Å². The average molecular weight is 560 g/mol. The van der Waals surface area contributed by atoms with Gasteiger partial charge < -0.3 is 19.7 Å². The molecule has 4 aromatic rings. The number of carbonyl (C=O) groups excluding carboxylic acids is 2. The van der Waals surface area contributed by atoms with Crippen molar-refractivity contribution in [2.24, 2.45) is 0 Å². The van der Waals surface area contributed by atoms with Gasteiger partial charge >= 0.3 is 6.03 Å². The van der Waals surface area contributed by atoms with E-state index in [-0.39, 0.29) is 19.8 Å². The summed E-state index contributed by atoms with van der Waals surface area (Å²) in [6, 6.07) is 12.3. The largest absolute Gasteiger partial charge is 0.486 e. The highest BCUT2D eigenvalue weighted by molar-refractivity contribution is 6.26. The number of ether oxygens (including phenoxy) is 2. The van der Waals surface area contributed by atoms with Crippen LogP contribution in [-0.2, 0) is 17.9 Å². The molecule has 3 heterocycles. The fourth-order valence-corrected chi connectivity index (χ4v) is 4.78. The maximum Gasteiger partial charge on any atom is 0.333 e. The lowest BCUT2D eigenvalue weighted by molar-refractivity contribution is 0.0207. The molecule has 4 N–H and O–H groups in total. The standard InChI is InChI=1S/C27H29N9O4.CH4/c1-35(2)14-20-29-21(31-30-20)15-40-17-8-6-16(7-9-17)24-23-25(33-32-24)18-4-3-5-19(22(18)26(23)37)28-27(38)34-36-10-12-39-13-11-36;/h3-9H,10-15H2,1-2H3,(H,32,33)(H2,28,34,38)(H,29,30,31);1H4. The van der Waals surface area contributed by atoms with Crippen LogP contribution in [0.25, 0.3) is 22.5 Å². The minimum Gasteiger partial charge on any atom is -0.486 e. The number of ketones is 1. The molecule has 1 fully saturated rings. The van der Waals surface area contributed by atoms with E-state index in [4.69, 9.17) is 9.47 Å². The quantitative estimate of drug-likeness (QED) is 0.225. The van der Waals surface area contributed by atoms with Crippen molar-refractivity contribution < 1.29 is 19.1 Å². The second-order valence-electron chi connectivity index (χ2n) is 9.79. The number of aromatic nitrogens is 5. The molecule has 1 aliphatic heterocycles. The predicted molar refractivity (Wildman–Crippen MR) is 152 cm³/mol. The van der Waals surface area contributed by atoms with Crippen LogP contribution in [0.3, 0.4) is 0 Å². The Balaban J connectivity index is 0.00000337. The second kappa shape index (κ2) is 11.9. The third-order valence-corrected chi connectivity index (χ3v) is 6.61. The van der Waals surface area contributed by atoms with Crippen LogP contribution < -0.4 is 15.5 Å². The summed E-state index contributed by atoms with van der Waals surface area (Å²) >= 11 is 0. The SMILES string of the molecule is C.CN(C)Cc1n[nH]c(COc2ccc(-c3n[nH]c4c3C(=O)c3c(NC(=O)NN5CCOCC5)cccc3-4)cc2)n1. The van der Waals surface area contributed by atoms with Crippen molar-refractivity contribution >= 4 is 17.5 Å². The molecule has 214 valence electrons. The second-order valence-corrected chi connectivity index (χ2v) is 9.79. The Hall–Kier alpha value is -4.59. The number of hydrazine groups is 1. The number of H-pyrrole nitrogens is 2. The van der Waals surface area contributed by atoms with Crippen LogP contribution in [0.4, 0.5) is 10.5 Å².